The lowest BCUT2D eigenvalue weighted by Crippen LogP contribution is -2.29. The van der Waals surface area contributed by atoms with Crippen LogP contribution < -0.4 is 5.73 Å². The summed E-state index contributed by atoms with van der Waals surface area (Å²) in [6.45, 7) is 3.75. The van der Waals surface area contributed by atoms with Crippen molar-refractivity contribution < 1.29 is 37.6 Å². The zero-order valence-corrected chi connectivity index (χ0v) is 41.3. The van der Waals surface area contributed by atoms with Crippen molar-refractivity contribution in [3.63, 3.8) is 0 Å². The highest BCUT2D eigenvalue weighted by atomic mass is 31.2. The van der Waals surface area contributed by atoms with Gasteiger partial charge in [0.1, 0.15) is 6.61 Å². The minimum absolute atomic E-state index is 0.0579. The number of carbonyl (C=O) groups excluding carboxylic acids is 2. The lowest BCUT2D eigenvalue weighted by atomic mass is 10.0. The van der Waals surface area contributed by atoms with E-state index in [-0.39, 0.29) is 38.6 Å². The Morgan fingerprint density at radius 3 is 1.00 bits per heavy atom. The predicted octanol–water partition coefficient (Wildman–Crippen LogP) is 16.0. The van der Waals surface area contributed by atoms with E-state index in [4.69, 9.17) is 24.3 Å². The molecule has 0 heterocycles. The normalized spacial score (nSPS) is 13.0. The number of ether oxygens (including phenoxy) is 2. The van der Waals surface area contributed by atoms with Gasteiger partial charge in [0.05, 0.1) is 13.2 Å². The van der Waals surface area contributed by atoms with Gasteiger partial charge in [-0.25, -0.2) is 4.57 Å². The van der Waals surface area contributed by atoms with Crippen LogP contribution >= 0.6 is 7.82 Å². The summed E-state index contributed by atoms with van der Waals surface area (Å²) in [5.41, 5.74) is 5.35. The molecule has 2 unspecified atom stereocenters. The van der Waals surface area contributed by atoms with Gasteiger partial charge in [0, 0.05) is 19.4 Å². The molecule has 0 rings (SSSR count). The Morgan fingerprint density at radius 1 is 0.426 bits per heavy atom. The summed E-state index contributed by atoms with van der Waals surface area (Å²) in [7, 11) is -4.37. The van der Waals surface area contributed by atoms with Crippen LogP contribution in [0.5, 0.6) is 0 Å². The maximum atomic E-state index is 12.6. The number of unbranched alkanes of at least 4 members (excludes halogenated alkanes) is 38. The minimum atomic E-state index is -4.37. The molecule has 0 aliphatic rings. The second-order valence-electron chi connectivity index (χ2n) is 18.1. The van der Waals surface area contributed by atoms with E-state index in [1.54, 1.807) is 0 Å². The van der Waals surface area contributed by atoms with Crippen molar-refractivity contribution in [3.05, 3.63) is 0 Å². The molecule has 0 aromatic heterocycles. The molecule has 0 saturated carbocycles. The number of esters is 2. The zero-order valence-electron chi connectivity index (χ0n) is 40.4. The summed E-state index contributed by atoms with van der Waals surface area (Å²) in [5.74, 6) is -0.816. The maximum absolute atomic E-state index is 12.6. The topological polar surface area (TPSA) is 134 Å². The Bertz CT molecular complexity index is 969. The Morgan fingerprint density at radius 2 is 0.705 bits per heavy atom. The smallest absolute Gasteiger partial charge is 0.462 e. The second kappa shape index (κ2) is 48.5. The molecule has 2 atom stereocenters. The lowest BCUT2D eigenvalue weighted by Gasteiger charge is -2.19. The van der Waals surface area contributed by atoms with Crippen LogP contribution in [-0.2, 0) is 32.7 Å². The highest BCUT2D eigenvalue weighted by Crippen LogP contribution is 2.43. The number of carbonyl (C=O) groups is 2. The number of nitrogens with two attached hydrogens (primary N) is 1. The van der Waals surface area contributed by atoms with Gasteiger partial charge in [-0.1, -0.05) is 258 Å². The van der Waals surface area contributed by atoms with Crippen molar-refractivity contribution in [3.8, 4) is 0 Å². The van der Waals surface area contributed by atoms with Crippen molar-refractivity contribution in [2.45, 2.75) is 290 Å². The van der Waals surface area contributed by atoms with Crippen molar-refractivity contribution in [1.29, 1.82) is 0 Å². The summed E-state index contributed by atoms with van der Waals surface area (Å²) < 4.78 is 32.8. The molecule has 0 spiro atoms. The number of phosphoric ester groups is 1. The molecule has 0 saturated heterocycles. The molecule has 0 aliphatic carbocycles. The highest BCUT2D eigenvalue weighted by Gasteiger charge is 2.26. The van der Waals surface area contributed by atoms with E-state index >= 15 is 0 Å². The SMILES string of the molecule is CCCCCCCCCCCCCCCCCCCCCCCCCCCCCCCCCCC(=O)OC(COC(=O)CCCCCCCCCC)COP(=O)(O)OCCN. The second-order valence-corrected chi connectivity index (χ2v) is 19.6. The summed E-state index contributed by atoms with van der Waals surface area (Å²) in [6.07, 6.45) is 52.0. The van der Waals surface area contributed by atoms with E-state index in [9.17, 15) is 19.0 Å². The van der Waals surface area contributed by atoms with Crippen LogP contribution in [0.2, 0.25) is 0 Å². The third-order valence-corrected chi connectivity index (χ3v) is 13.0. The molecule has 364 valence electrons. The highest BCUT2D eigenvalue weighted by molar-refractivity contribution is 7.47. The molecule has 0 fully saturated rings. The van der Waals surface area contributed by atoms with Gasteiger partial charge in [0.25, 0.3) is 0 Å². The monoisotopic (exact) mass is 888 g/mol. The van der Waals surface area contributed by atoms with Gasteiger partial charge in [-0.05, 0) is 12.8 Å². The first-order valence-corrected chi connectivity index (χ1v) is 28.0. The third-order valence-electron chi connectivity index (χ3n) is 12.0. The van der Waals surface area contributed by atoms with E-state index in [0.29, 0.717) is 6.42 Å². The van der Waals surface area contributed by atoms with Crippen LogP contribution in [0.4, 0.5) is 0 Å². The number of rotatable bonds is 51. The van der Waals surface area contributed by atoms with Gasteiger partial charge in [-0.15, -0.1) is 0 Å². The van der Waals surface area contributed by atoms with Crippen LogP contribution in [0.3, 0.4) is 0 Å². The molecule has 0 aromatic rings. The molecule has 9 nitrogen and oxygen atoms in total. The van der Waals surface area contributed by atoms with Gasteiger partial charge < -0.3 is 20.1 Å². The van der Waals surface area contributed by atoms with Crippen molar-refractivity contribution >= 4 is 19.8 Å². The number of hydrogen-bond donors (Lipinski definition) is 2. The van der Waals surface area contributed by atoms with E-state index in [0.717, 1.165) is 32.1 Å². The van der Waals surface area contributed by atoms with Crippen LogP contribution in [-0.4, -0.2) is 49.3 Å². The first-order chi connectivity index (χ1) is 29.8. The largest absolute Gasteiger partial charge is 0.472 e. The van der Waals surface area contributed by atoms with Crippen LogP contribution in [0.25, 0.3) is 0 Å². The van der Waals surface area contributed by atoms with Gasteiger partial charge in [0.2, 0.25) is 0 Å². The van der Waals surface area contributed by atoms with Gasteiger partial charge in [-0.2, -0.15) is 0 Å². The number of hydrogen-bond acceptors (Lipinski definition) is 8. The number of phosphoric acid groups is 1. The van der Waals surface area contributed by atoms with E-state index in [1.165, 1.54) is 218 Å². The molecule has 0 amide bonds. The van der Waals surface area contributed by atoms with Gasteiger partial charge in [-0.3, -0.25) is 18.6 Å². The Hall–Kier alpha value is -0.990. The van der Waals surface area contributed by atoms with Gasteiger partial charge in [0.15, 0.2) is 6.10 Å². The molecule has 10 heteroatoms. The quantitative estimate of drug-likeness (QED) is 0.0348. The fourth-order valence-corrected chi connectivity index (χ4v) is 8.82. The molecule has 0 aliphatic heterocycles. The maximum Gasteiger partial charge on any atom is 0.472 e. The van der Waals surface area contributed by atoms with Crippen molar-refractivity contribution in [2.24, 2.45) is 5.73 Å². The first kappa shape index (κ1) is 60.0. The van der Waals surface area contributed by atoms with E-state index in [1.807, 2.05) is 0 Å². The average Bonchev–Trinajstić information content (AvgIpc) is 3.25. The molecular weight excluding hydrogens is 786 g/mol. The summed E-state index contributed by atoms with van der Waals surface area (Å²) in [4.78, 5) is 34.8. The molecule has 61 heavy (non-hydrogen) atoms. The van der Waals surface area contributed by atoms with Crippen LogP contribution in [0, 0.1) is 0 Å². The predicted molar refractivity (Wildman–Crippen MR) is 257 cm³/mol. The minimum Gasteiger partial charge on any atom is -0.462 e. The third kappa shape index (κ3) is 48.3. The molecule has 0 bridgehead atoms. The Labute approximate surface area is 377 Å². The standard InChI is InChI=1S/C51H102NO8P/c1-3-5-7-9-11-13-14-15-16-17-18-19-20-21-22-23-24-25-26-27-28-29-30-31-32-33-34-35-36-38-40-42-44-51(54)60-49(48-59-61(55,56)58-46-45-52)47-57-50(53)43-41-39-37-12-10-8-6-4-2/h49H,3-48,52H2,1-2H3,(H,55,56). The van der Waals surface area contributed by atoms with Crippen LogP contribution in [0.1, 0.15) is 284 Å². The molecule has 0 aromatic carbocycles. The first-order valence-electron chi connectivity index (χ1n) is 26.5. The molecule has 0 radical (unpaired) electrons. The lowest BCUT2D eigenvalue weighted by molar-refractivity contribution is -0.161. The summed E-state index contributed by atoms with van der Waals surface area (Å²) >= 11 is 0. The van der Waals surface area contributed by atoms with Crippen molar-refractivity contribution in [2.75, 3.05) is 26.4 Å². The van der Waals surface area contributed by atoms with Crippen LogP contribution in [0.15, 0.2) is 0 Å². The van der Waals surface area contributed by atoms with E-state index in [2.05, 4.69) is 13.8 Å². The van der Waals surface area contributed by atoms with E-state index < -0.39 is 26.5 Å². The Kier molecular flexibility index (Phi) is 47.7. The van der Waals surface area contributed by atoms with Gasteiger partial charge >= 0.3 is 19.8 Å². The fraction of sp³-hybridized carbons (Fsp3) is 0.961. The zero-order chi connectivity index (χ0) is 44.6. The summed E-state index contributed by atoms with van der Waals surface area (Å²) in [5, 5.41) is 0. The van der Waals surface area contributed by atoms with Crippen molar-refractivity contribution in [1.82, 2.24) is 0 Å². The Balaban J connectivity index is 3.73. The average molecular weight is 888 g/mol. The summed E-state index contributed by atoms with van der Waals surface area (Å²) in [6, 6.07) is 0. The molecular formula is C51H102NO8P. The fourth-order valence-electron chi connectivity index (χ4n) is 8.05. The molecule has 3 N–H and O–H groups in total.